The first-order valence-electron chi connectivity index (χ1n) is 7.89. The van der Waals surface area contributed by atoms with Crippen molar-refractivity contribution in [3.05, 3.63) is 29.8 Å². The Hall–Kier alpha value is -0.950. The van der Waals surface area contributed by atoms with E-state index in [4.69, 9.17) is 4.74 Å². The molecule has 1 aromatic carbocycles. The Morgan fingerprint density at radius 3 is 2.41 bits per heavy atom. The highest BCUT2D eigenvalue weighted by atomic mass is 32.2. The molecule has 1 aliphatic rings. The molecule has 0 saturated carbocycles. The monoisotopic (exact) mass is 326 g/mol. The molecule has 0 radical (unpaired) electrons. The highest BCUT2D eigenvalue weighted by Crippen LogP contribution is 2.17. The number of ether oxygens (including phenoxy) is 1. The van der Waals surface area contributed by atoms with Gasteiger partial charge in [-0.2, -0.15) is 0 Å². The maximum Gasteiger partial charge on any atom is 0.240 e. The smallest absolute Gasteiger partial charge is 0.240 e. The van der Waals surface area contributed by atoms with E-state index in [0.29, 0.717) is 17.4 Å². The topological polar surface area (TPSA) is 58.6 Å². The summed E-state index contributed by atoms with van der Waals surface area (Å²) in [5.74, 6) is 0.401. The van der Waals surface area contributed by atoms with E-state index < -0.39 is 10.0 Å². The van der Waals surface area contributed by atoms with Gasteiger partial charge in [0.05, 0.1) is 18.1 Å². The van der Waals surface area contributed by atoms with Crippen LogP contribution in [-0.2, 0) is 14.8 Å². The van der Waals surface area contributed by atoms with E-state index in [-0.39, 0.29) is 0 Å². The third-order valence-electron chi connectivity index (χ3n) is 3.90. The molecule has 0 amide bonds. The van der Waals surface area contributed by atoms with Gasteiger partial charge in [-0.1, -0.05) is 26.0 Å². The Morgan fingerprint density at radius 1 is 1.18 bits per heavy atom. The number of nitrogens with zero attached hydrogens (tertiary/aromatic N) is 1. The molecule has 0 unspecified atom stereocenters. The number of morpholine rings is 1. The van der Waals surface area contributed by atoms with Crippen molar-refractivity contribution >= 4 is 10.0 Å². The molecule has 0 aliphatic carbocycles. The van der Waals surface area contributed by atoms with E-state index in [0.717, 1.165) is 44.8 Å². The van der Waals surface area contributed by atoms with Crippen LogP contribution in [0.1, 0.15) is 31.7 Å². The molecule has 1 saturated heterocycles. The maximum absolute atomic E-state index is 12.2. The lowest BCUT2D eigenvalue weighted by molar-refractivity contribution is 0.0376. The normalized spacial score (nSPS) is 17.0. The highest BCUT2D eigenvalue weighted by Gasteiger charge is 2.14. The molecule has 0 spiro atoms. The summed E-state index contributed by atoms with van der Waals surface area (Å²) in [5, 5.41) is 0. The fraction of sp³-hybridized carbons (Fsp3) is 0.625. The largest absolute Gasteiger partial charge is 0.379 e. The molecular weight excluding hydrogens is 300 g/mol. The number of rotatable bonds is 7. The third kappa shape index (κ3) is 5.05. The van der Waals surface area contributed by atoms with Gasteiger partial charge in [0.15, 0.2) is 0 Å². The summed E-state index contributed by atoms with van der Waals surface area (Å²) in [6, 6.07) is 7.12. The van der Waals surface area contributed by atoms with Crippen molar-refractivity contribution in [3.8, 4) is 0 Å². The zero-order valence-electron chi connectivity index (χ0n) is 13.4. The number of sulfonamides is 1. The third-order valence-corrected chi connectivity index (χ3v) is 5.38. The molecule has 5 nitrogen and oxygen atoms in total. The summed E-state index contributed by atoms with van der Waals surface area (Å²) >= 11 is 0. The quantitative estimate of drug-likeness (QED) is 0.777. The Balaban J connectivity index is 1.80. The van der Waals surface area contributed by atoms with Crippen molar-refractivity contribution in [2.45, 2.75) is 31.1 Å². The summed E-state index contributed by atoms with van der Waals surface area (Å²) < 4.78 is 32.4. The molecular formula is C16H26N2O3S. The average Bonchev–Trinajstić information content (AvgIpc) is 2.53. The second-order valence-electron chi connectivity index (χ2n) is 5.93. The molecule has 1 N–H and O–H groups in total. The molecule has 2 rings (SSSR count). The van der Waals surface area contributed by atoms with Crippen LogP contribution in [0.15, 0.2) is 29.2 Å². The van der Waals surface area contributed by atoms with Crippen molar-refractivity contribution in [1.82, 2.24) is 9.62 Å². The molecule has 22 heavy (non-hydrogen) atoms. The first-order valence-corrected chi connectivity index (χ1v) is 9.37. The molecule has 0 bridgehead atoms. The Labute approximate surface area is 133 Å². The summed E-state index contributed by atoms with van der Waals surface area (Å²) in [7, 11) is -3.40. The van der Waals surface area contributed by atoms with E-state index in [2.05, 4.69) is 23.5 Å². The van der Waals surface area contributed by atoms with Gasteiger partial charge in [0.2, 0.25) is 10.0 Å². The van der Waals surface area contributed by atoms with E-state index in [1.54, 1.807) is 12.1 Å². The van der Waals surface area contributed by atoms with Crippen molar-refractivity contribution in [2.24, 2.45) is 0 Å². The highest BCUT2D eigenvalue weighted by molar-refractivity contribution is 7.89. The van der Waals surface area contributed by atoms with Gasteiger partial charge in [-0.15, -0.1) is 0 Å². The Bertz CT molecular complexity index is 549. The lowest BCUT2D eigenvalue weighted by Crippen LogP contribution is -2.38. The van der Waals surface area contributed by atoms with Gasteiger partial charge in [0, 0.05) is 19.6 Å². The molecule has 1 aliphatic heterocycles. The summed E-state index contributed by atoms with van der Waals surface area (Å²) in [6.45, 7) is 8.96. The minimum Gasteiger partial charge on any atom is -0.379 e. The van der Waals surface area contributed by atoms with E-state index in [1.807, 2.05) is 12.1 Å². The Morgan fingerprint density at radius 2 is 1.82 bits per heavy atom. The molecule has 1 aromatic rings. The molecule has 1 heterocycles. The fourth-order valence-electron chi connectivity index (χ4n) is 2.45. The van der Waals surface area contributed by atoms with Gasteiger partial charge in [-0.25, -0.2) is 13.1 Å². The lowest BCUT2D eigenvalue weighted by atomic mass is 10.0. The first kappa shape index (κ1) is 17.4. The van der Waals surface area contributed by atoms with Gasteiger partial charge >= 0.3 is 0 Å². The summed E-state index contributed by atoms with van der Waals surface area (Å²) in [6.07, 6.45) is 0.809. The van der Waals surface area contributed by atoms with E-state index in [1.165, 1.54) is 0 Å². The number of hydrogen-bond acceptors (Lipinski definition) is 4. The van der Waals surface area contributed by atoms with Gasteiger partial charge < -0.3 is 4.74 Å². The van der Waals surface area contributed by atoms with Crippen LogP contribution in [0.2, 0.25) is 0 Å². The van der Waals surface area contributed by atoms with Crippen LogP contribution >= 0.6 is 0 Å². The molecule has 1 fully saturated rings. The minimum atomic E-state index is -3.40. The zero-order chi connectivity index (χ0) is 16.0. The van der Waals surface area contributed by atoms with E-state index >= 15 is 0 Å². The van der Waals surface area contributed by atoms with Crippen LogP contribution in [0.25, 0.3) is 0 Å². The number of nitrogens with one attached hydrogen (secondary N) is 1. The van der Waals surface area contributed by atoms with Crippen LogP contribution in [0.4, 0.5) is 0 Å². The van der Waals surface area contributed by atoms with Crippen molar-refractivity contribution in [3.63, 3.8) is 0 Å². The first-order chi connectivity index (χ1) is 10.5. The number of hydrogen-bond donors (Lipinski definition) is 1. The van der Waals surface area contributed by atoms with E-state index in [9.17, 15) is 8.42 Å². The van der Waals surface area contributed by atoms with Crippen molar-refractivity contribution < 1.29 is 13.2 Å². The SMILES string of the molecule is CC(C)c1ccc(S(=O)(=O)NCCCN2CCOCC2)cc1. The second kappa shape index (κ2) is 8.06. The van der Waals surface area contributed by atoms with Crippen molar-refractivity contribution in [1.29, 1.82) is 0 Å². The van der Waals surface area contributed by atoms with Gasteiger partial charge in [-0.3, -0.25) is 4.90 Å². The summed E-state index contributed by atoms with van der Waals surface area (Å²) in [5.41, 5.74) is 1.14. The average molecular weight is 326 g/mol. The zero-order valence-corrected chi connectivity index (χ0v) is 14.2. The fourth-order valence-corrected chi connectivity index (χ4v) is 3.52. The minimum absolute atomic E-state index is 0.336. The predicted molar refractivity (Wildman–Crippen MR) is 87.6 cm³/mol. The Kier molecular flexibility index (Phi) is 6.37. The van der Waals surface area contributed by atoms with Gasteiger partial charge in [0.1, 0.15) is 0 Å². The van der Waals surface area contributed by atoms with Gasteiger partial charge in [-0.05, 0) is 36.6 Å². The van der Waals surface area contributed by atoms with Crippen LogP contribution < -0.4 is 4.72 Å². The maximum atomic E-state index is 12.2. The molecule has 0 aromatic heterocycles. The van der Waals surface area contributed by atoms with Gasteiger partial charge in [0.25, 0.3) is 0 Å². The van der Waals surface area contributed by atoms with Crippen LogP contribution in [0.3, 0.4) is 0 Å². The van der Waals surface area contributed by atoms with Crippen molar-refractivity contribution in [2.75, 3.05) is 39.4 Å². The molecule has 6 heteroatoms. The van der Waals surface area contributed by atoms with Crippen LogP contribution in [0.5, 0.6) is 0 Å². The number of benzene rings is 1. The lowest BCUT2D eigenvalue weighted by Gasteiger charge is -2.26. The molecule has 0 atom stereocenters. The summed E-state index contributed by atoms with van der Waals surface area (Å²) in [4.78, 5) is 2.64. The van der Waals surface area contributed by atoms with Crippen LogP contribution in [0, 0.1) is 0 Å². The standard InChI is InChI=1S/C16H26N2O3S/c1-14(2)15-4-6-16(7-5-15)22(19,20)17-8-3-9-18-10-12-21-13-11-18/h4-7,14,17H,3,8-13H2,1-2H3. The predicted octanol–water partition coefficient (Wildman–Crippen LogP) is 1.81. The second-order valence-corrected chi connectivity index (χ2v) is 7.70. The van der Waals surface area contributed by atoms with Crippen LogP contribution in [-0.4, -0.2) is 52.7 Å². The molecule has 124 valence electrons.